The van der Waals surface area contributed by atoms with Crippen LogP contribution in [0.4, 0.5) is 20.7 Å². The Balaban J connectivity index is 1.57. The first-order chi connectivity index (χ1) is 17.2. The van der Waals surface area contributed by atoms with Gasteiger partial charge < -0.3 is 24.3 Å². The highest BCUT2D eigenvalue weighted by Crippen LogP contribution is 2.50. The second-order valence-electron chi connectivity index (χ2n) is 10.0. The smallest absolute Gasteiger partial charge is 0.328 e. The number of aliphatic hydroxyl groups is 1. The summed E-state index contributed by atoms with van der Waals surface area (Å²) in [7, 11) is 0. The van der Waals surface area contributed by atoms with Crippen LogP contribution in [0.1, 0.15) is 25.8 Å². The molecule has 4 amide bonds. The minimum Gasteiger partial charge on any atom is -0.391 e. The Morgan fingerprint density at radius 1 is 1.25 bits per heavy atom. The number of fused-ring (bicyclic) bond motifs is 5. The number of rotatable bonds is 1. The van der Waals surface area contributed by atoms with Crippen LogP contribution >= 0.6 is 0 Å². The van der Waals surface area contributed by atoms with E-state index in [2.05, 4.69) is 22.0 Å². The maximum absolute atomic E-state index is 16.2. The molecule has 1 spiro atoms. The lowest BCUT2D eigenvalue weighted by Gasteiger charge is -2.57. The molecule has 0 unspecified atom stereocenters. The number of carbonyl (C=O) groups is 3. The van der Waals surface area contributed by atoms with Gasteiger partial charge in [-0.3, -0.25) is 20.2 Å². The van der Waals surface area contributed by atoms with E-state index in [0.29, 0.717) is 36.3 Å². The number of benzene rings is 1. The molecule has 5 heterocycles. The number of halogens is 1. The number of nitrogens with one attached hydrogen (secondary N) is 2. The van der Waals surface area contributed by atoms with Gasteiger partial charge in [-0.2, -0.15) is 5.26 Å². The molecule has 3 N–H and O–H groups in total. The number of nitriles is 1. The van der Waals surface area contributed by atoms with Crippen molar-refractivity contribution in [1.29, 1.82) is 5.26 Å². The van der Waals surface area contributed by atoms with Crippen molar-refractivity contribution in [3.63, 3.8) is 0 Å². The maximum Gasteiger partial charge on any atom is 0.328 e. The molecule has 0 radical (unpaired) electrons. The van der Waals surface area contributed by atoms with Gasteiger partial charge in [0, 0.05) is 26.1 Å². The van der Waals surface area contributed by atoms with Crippen LogP contribution in [0.5, 0.6) is 0 Å². The molecule has 36 heavy (non-hydrogen) atoms. The van der Waals surface area contributed by atoms with E-state index in [1.165, 1.54) is 4.90 Å². The third-order valence-electron chi connectivity index (χ3n) is 8.01. The molecule has 2 aromatic rings. The fourth-order valence-electron chi connectivity index (χ4n) is 6.47. The Bertz CT molecular complexity index is 1350. The van der Waals surface area contributed by atoms with E-state index in [9.17, 15) is 24.8 Å². The fourth-order valence-corrected chi connectivity index (χ4v) is 6.47. The summed E-state index contributed by atoms with van der Waals surface area (Å²) in [5.41, 5.74) is -1.26. The van der Waals surface area contributed by atoms with Crippen LogP contribution in [0.15, 0.2) is 10.6 Å². The number of aromatic nitrogens is 1. The number of hydrogen-bond donors (Lipinski definition) is 3. The molecule has 6 rings (SSSR count). The van der Waals surface area contributed by atoms with Crippen LogP contribution in [0.2, 0.25) is 0 Å². The van der Waals surface area contributed by atoms with E-state index in [1.807, 2.05) is 6.92 Å². The Hall–Kier alpha value is -3.92. The molecule has 3 fully saturated rings. The molecular formula is C23H24FN7O5. The number of urea groups is 1. The van der Waals surface area contributed by atoms with Crippen LogP contribution in [-0.4, -0.2) is 76.9 Å². The average Bonchev–Trinajstić information content (AvgIpc) is 3.43. The largest absolute Gasteiger partial charge is 0.391 e. The first-order valence-corrected chi connectivity index (χ1v) is 11.8. The summed E-state index contributed by atoms with van der Waals surface area (Å²) in [6.45, 7) is 4.52. The Labute approximate surface area is 204 Å². The van der Waals surface area contributed by atoms with E-state index in [0.717, 1.165) is 0 Å². The molecule has 0 aliphatic carbocycles. The van der Waals surface area contributed by atoms with Gasteiger partial charge in [-0.25, -0.2) is 9.18 Å². The lowest BCUT2D eigenvalue weighted by molar-refractivity contribution is -0.148. The van der Waals surface area contributed by atoms with Gasteiger partial charge in [-0.05, 0) is 31.9 Å². The minimum absolute atomic E-state index is 0.0596. The number of amides is 4. The average molecular weight is 497 g/mol. The fraction of sp³-hybridized carbons (Fsp3) is 0.522. The summed E-state index contributed by atoms with van der Waals surface area (Å²) in [5.74, 6) is -1.86. The summed E-state index contributed by atoms with van der Waals surface area (Å²) in [6.07, 6.45) is 1.95. The number of hydrogen-bond acceptors (Lipinski definition) is 10. The first kappa shape index (κ1) is 22.5. The highest BCUT2D eigenvalue weighted by molar-refractivity contribution is 6.20. The van der Waals surface area contributed by atoms with Crippen molar-refractivity contribution < 1.29 is 28.4 Å². The van der Waals surface area contributed by atoms with Crippen molar-refractivity contribution >= 4 is 40.3 Å². The van der Waals surface area contributed by atoms with Gasteiger partial charge in [0.05, 0.1) is 35.3 Å². The van der Waals surface area contributed by atoms with Crippen LogP contribution in [-0.2, 0) is 16.0 Å². The van der Waals surface area contributed by atoms with Gasteiger partial charge >= 0.3 is 6.03 Å². The Morgan fingerprint density at radius 2 is 1.97 bits per heavy atom. The summed E-state index contributed by atoms with van der Waals surface area (Å²) in [5, 5.41) is 28.6. The lowest BCUT2D eigenvalue weighted by atomic mass is 9.65. The molecule has 4 aliphatic rings. The summed E-state index contributed by atoms with van der Waals surface area (Å²) in [4.78, 5) is 43.7. The molecule has 3 saturated heterocycles. The zero-order valence-corrected chi connectivity index (χ0v) is 19.6. The van der Waals surface area contributed by atoms with Crippen molar-refractivity contribution in [2.45, 2.75) is 50.9 Å². The molecule has 1 aromatic heterocycles. The lowest BCUT2D eigenvalue weighted by Crippen LogP contribution is -2.77. The molecule has 0 bridgehead atoms. The molecule has 188 valence electrons. The van der Waals surface area contributed by atoms with Gasteiger partial charge in [0.1, 0.15) is 0 Å². The number of nitrogens with zero attached hydrogens (tertiary/aromatic N) is 5. The predicted molar refractivity (Wildman–Crippen MR) is 122 cm³/mol. The van der Waals surface area contributed by atoms with Crippen LogP contribution in [0, 0.1) is 22.7 Å². The monoisotopic (exact) mass is 497 g/mol. The number of piperazine rings is 1. The number of β-amino-alcohol motifs (C(OH)–C–C–N with tert-alkyl or cyclic N) is 1. The zero-order valence-electron chi connectivity index (χ0n) is 19.6. The van der Waals surface area contributed by atoms with Gasteiger partial charge in [-0.1, -0.05) is 5.16 Å². The molecule has 12 nitrogen and oxygen atoms in total. The van der Waals surface area contributed by atoms with E-state index >= 15 is 4.39 Å². The second-order valence-corrected chi connectivity index (χ2v) is 10.0. The van der Waals surface area contributed by atoms with Crippen molar-refractivity contribution in [2.24, 2.45) is 5.41 Å². The van der Waals surface area contributed by atoms with Gasteiger partial charge in [0.15, 0.2) is 23.2 Å². The number of aliphatic hydroxyl groups excluding tert-OH is 1. The number of carbonyl (C=O) groups excluding carboxylic acids is 3. The van der Waals surface area contributed by atoms with Crippen molar-refractivity contribution in [1.82, 2.24) is 20.7 Å². The van der Waals surface area contributed by atoms with Gasteiger partial charge in [-0.15, -0.1) is 0 Å². The van der Waals surface area contributed by atoms with Crippen LogP contribution in [0.25, 0.3) is 11.0 Å². The first-order valence-electron chi connectivity index (χ1n) is 11.8. The topological polar surface area (TPSA) is 155 Å². The summed E-state index contributed by atoms with van der Waals surface area (Å²) < 4.78 is 21.6. The molecule has 13 heteroatoms. The van der Waals surface area contributed by atoms with Crippen LogP contribution in [0.3, 0.4) is 0 Å². The van der Waals surface area contributed by atoms with E-state index < -0.39 is 47.3 Å². The van der Waals surface area contributed by atoms with E-state index in [-0.39, 0.29) is 30.3 Å². The van der Waals surface area contributed by atoms with E-state index in [1.54, 1.807) is 22.8 Å². The normalized spacial score (nSPS) is 29.2. The maximum atomic E-state index is 16.2. The van der Waals surface area contributed by atoms with Crippen molar-refractivity contribution in [3.05, 3.63) is 17.4 Å². The van der Waals surface area contributed by atoms with Gasteiger partial charge in [0.25, 0.3) is 0 Å². The van der Waals surface area contributed by atoms with Gasteiger partial charge in [0.2, 0.25) is 17.4 Å². The van der Waals surface area contributed by atoms with Crippen molar-refractivity contribution in [3.8, 4) is 6.19 Å². The third-order valence-corrected chi connectivity index (χ3v) is 8.01. The third kappa shape index (κ3) is 2.81. The molecule has 1 aromatic carbocycles. The molecular weight excluding hydrogens is 473 g/mol. The Kier molecular flexibility index (Phi) is 4.72. The molecule has 4 aliphatic heterocycles. The SMILES string of the molecule is C[C@@H]1CN2c3c(cc4c(N5CC[C@@H](O)C5)noc4c3F)CC3(C(=O)NC(=O)NC3=O)[C@H]2[C@H](C)N1C#N. The zero-order chi connectivity index (χ0) is 25.5. The summed E-state index contributed by atoms with van der Waals surface area (Å²) in [6, 6.07) is -1.17. The minimum atomic E-state index is -1.78. The second kappa shape index (κ2) is 7.54. The molecule has 0 saturated carbocycles. The number of imide groups is 2. The quantitative estimate of drug-likeness (QED) is 0.367. The molecule has 4 atom stereocenters. The standard InChI is InChI=1S/C23H24FN7O5/c1-10-7-30-16-12(5-14-17(15(16)24)36-28-19(14)29-4-3-13(32)8-29)6-23(18(30)11(2)31(10)9-25)20(33)26-22(35)27-21(23)34/h5,10-11,13,18,32H,3-4,6-8H2,1-2H3,(H2,26,27,33,34,35)/t10-,11+,13-,18-/m1/s1. The highest BCUT2D eigenvalue weighted by Gasteiger charge is 2.64. The van der Waals surface area contributed by atoms with E-state index in [4.69, 9.17) is 4.52 Å². The van der Waals surface area contributed by atoms with Crippen molar-refractivity contribution in [2.75, 3.05) is 29.4 Å². The Morgan fingerprint density at radius 3 is 2.61 bits per heavy atom. The van der Waals surface area contributed by atoms with Crippen LogP contribution < -0.4 is 20.4 Å². The number of barbiturate groups is 1. The highest BCUT2D eigenvalue weighted by atomic mass is 19.1. The predicted octanol–water partition coefficient (Wildman–Crippen LogP) is 0.195. The summed E-state index contributed by atoms with van der Waals surface area (Å²) >= 11 is 0. The number of anilines is 2.